The minimum Gasteiger partial charge on any atom is -0.258 e. The number of fused-ring (bicyclic) bond motifs is 1. The van der Waals surface area contributed by atoms with Crippen LogP contribution in [0.4, 0.5) is 5.69 Å². The maximum atomic E-state index is 10.5. The zero-order valence-corrected chi connectivity index (χ0v) is 9.82. The van der Waals surface area contributed by atoms with Crippen LogP contribution in [-0.4, -0.2) is 4.92 Å². The maximum absolute atomic E-state index is 10.5. The van der Waals surface area contributed by atoms with Crippen molar-refractivity contribution in [3.63, 3.8) is 0 Å². The molecule has 1 aromatic carbocycles. The van der Waals surface area contributed by atoms with Crippen LogP contribution in [0.15, 0.2) is 22.0 Å². The summed E-state index contributed by atoms with van der Waals surface area (Å²) < 4.78 is 1.78. The van der Waals surface area contributed by atoms with Crippen molar-refractivity contribution >= 4 is 54.6 Å². The summed E-state index contributed by atoms with van der Waals surface area (Å²) in [5.74, 6) is 0. The number of rotatable bonds is 1. The van der Waals surface area contributed by atoms with Crippen LogP contribution in [0.1, 0.15) is 0 Å². The molecule has 0 radical (unpaired) electrons. The molecule has 0 fully saturated rings. The average Bonchev–Trinajstić information content (AvgIpc) is 2.45. The van der Waals surface area contributed by atoms with Gasteiger partial charge >= 0.3 is 0 Å². The Labute approximate surface area is 96.6 Å². The lowest BCUT2D eigenvalue weighted by Crippen LogP contribution is -1.86. The number of benzene rings is 1. The zero-order valence-electron chi connectivity index (χ0n) is 6.66. The third-order valence-corrected chi connectivity index (χ3v) is 3.83. The molecule has 1 heterocycles. The molecule has 0 aliphatic rings. The number of nitrogens with zero attached hydrogens (tertiary/aromatic N) is 1. The molecule has 0 spiro atoms. The molecule has 6 heteroatoms. The standard InChI is InChI=1S/C8H3BrClNO2S/c9-7-2-4-1-5(11(12)13)3-6(10)8(4)14-7/h1-3H. The van der Waals surface area contributed by atoms with E-state index in [1.165, 1.54) is 23.5 Å². The van der Waals surface area contributed by atoms with Crippen LogP contribution >= 0.6 is 38.9 Å². The molecule has 0 saturated heterocycles. The summed E-state index contributed by atoms with van der Waals surface area (Å²) >= 11 is 10.7. The fraction of sp³-hybridized carbons (Fsp3) is 0. The Bertz CT molecular complexity index is 525. The zero-order chi connectivity index (χ0) is 10.3. The predicted octanol–water partition coefficient (Wildman–Crippen LogP) is 4.23. The van der Waals surface area contributed by atoms with Crippen LogP contribution in [0.25, 0.3) is 10.1 Å². The van der Waals surface area contributed by atoms with Crippen molar-refractivity contribution in [2.75, 3.05) is 0 Å². The second kappa shape index (κ2) is 3.49. The molecule has 2 aromatic rings. The fourth-order valence-electron chi connectivity index (χ4n) is 1.17. The van der Waals surface area contributed by atoms with E-state index in [-0.39, 0.29) is 5.69 Å². The van der Waals surface area contributed by atoms with Crippen molar-refractivity contribution in [3.05, 3.63) is 37.1 Å². The number of thiophene rings is 1. The molecule has 72 valence electrons. The Morgan fingerprint density at radius 1 is 1.43 bits per heavy atom. The summed E-state index contributed by atoms with van der Waals surface area (Å²) in [6.07, 6.45) is 0. The molecule has 3 nitrogen and oxygen atoms in total. The molecule has 0 aliphatic carbocycles. The van der Waals surface area contributed by atoms with Crippen molar-refractivity contribution in [1.82, 2.24) is 0 Å². The van der Waals surface area contributed by atoms with E-state index in [2.05, 4.69) is 15.9 Å². The normalized spacial score (nSPS) is 10.7. The molecule has 1 aromatic heterocycles. The largest absolute Gasteiger partial charge is 0.271 e. The first-order chi connectivity index (χ1) is 6.58. The Balaban J connectivity index is 2.77. The van der Waals surface area contributed by atoms with Crippen molar-refractivity contribution < 1.29 is 4.92 Å². The summed E-state index contributed by atoms with van der Waals surface area (Å²) in [6.45, 7) is 0. The van der Waals surface area contributed by atoms with Crippen molar-refractivity contribution in [1.29, 1.82) is 0 Å². The molecule has 0 N–H and O–H groups in total. The number of nitro groups is 1. The number of halogens is 2. The molecule has 0 aliphatic heterocycles. The highest BCUT2D eigenvalue weighted by atomic mass is 79.9. The molecule has 0 atom stereocenters. The molecule has 0 saturated carbocycles. The van der Waals surface area contributed by atoms with Gasteiger partial charge in [0, 0.05) is 17.5 Å². The molecule has 0 unspecified atom stereocenters. The van der Waals surface area contributed by atoms with E-state index in [1.54, 1.807) is 0 Å². The first-order valence-electron chi connectivity index (χ1n) is 3.61. The highest BCUT2D eigenvalue weighted by molar-refractivity contribution is 9.11. The van der Waals surface area contributed by atoms with Crippen LogP contribution in [0, 0.1) is 10.1 Å². The summed E-state index contributed by atoms with van der Waals surface area (Å²) in [5, 5.41) is 11.8. The predicted molar refractivity (Wildman–Crippen MR) is 61.2 cm³/mol. The van der Waals surface area contributed by atoms with Gasteiger partial charge in [0.05, 0.1) is 18.4 Å². The Kier molecular flexibility index (Phi) is 2.47. The van der Waals surface area contributed by atoms with Crippen LogP contribution in [0.5, 0.6) is 0 Å². The van der Waals surface area contributed by atoms with Gasteiger partial charge in [-0.05, 0) is 22.0 Å². The quantitative estimate of drug-likeness (QED) is 0.583. The lowest BCUT2D eigenvalue weighted by molar-refractivity contribution is -0.384. The topological polar surface area (TPSA) is 43.1 Å². The molecule has 0 amide bonds. The first kappa shape index (κ1) is 9.89. The fourth-order valence-corrected chi connectivity index (χ4v) is 3.01. The molecule has 0 bridgehead atoms. The van der Waals surface area contributed by atoms with E-state index in [0.717, 1.165) is 13.9 Å². The van der Waals surface area contributed by atoms with Gasteiger partial charge < -0.3 is 0 Å². The third-order valence-electron chi connectivity index (χ3n) is 1.74. The van der Waals surface area contributed by atoms with Gasteiger partial charge in [-0.1, -0.05) is 11.6 Å². The Morgan fingerprint density at radius 3 is 2.79 bits per heavy atom. The van der Waals surface area contributed by atoms with Gasteiger partial charge in [0.1, 0.15) is 0 Å². The lowest BCUT2D eigenvalue weighted by Gasteiger charge is -1.94. The van der Waals surface area contributed by atoms with Gasteiger partial charge in [-0.2, -0.15) is 0 Å². The first-order valence-corrected chi connectivity index (χ1v) is 5.59. The second-order valence-electron chi connectivity index (χ2n) is 2.65. The Morgan fingerprint density at radius 2 is 2.14 bits per heavy atom. The number of non-ortho nitro benzene ring substituents is 1. The van der Waals surface area contributed by atoms with E-state index in [1.807, 2.05) is 6.07 Å². The summed E-state index contributed by atoms with van der Waals surface area (Å²) in [5.41, 5.74) is 0.0211. The summed E-state index contributed by atoms with van der Waals surface area (Å²) in [4.78, 5) is 10.1. The van der Waals surface area contributed by atoms with Gasteiger partial charge in [-0.25, -0.2) is 0 Å². The van der Waals surface area contributed by atoms with E-state index < -0.39 is 4.92 Å². The van der Waals surface area contributed by atoms with E-state index in [9.17, 15) is 10.1 Å². The van der Waals surface area contributed by atoms with Gasteiger partial charge in [-0.15, -0.1) is 11.3 Å². The molecule has 2 rings (SSSR count). The van der Waals surface area contributed by atoms with Gasteiger partial charge in [-0.3, -0.25) is 10.1 Å². The number of nitro benzene ring substituents is 1. The minimum absolute atomic E-state index is 0.0211. The number of hydrogen-bond acceptors (Lipinski definition) is 3. The van der Waals surface area contributed by atoms with E-state index in [4.69, 9.17) is 11.6 Å². The van der Waals surface area contributed by atoms with Crippen LogP contribution in [0.2, 0.25) is 5.02 Å². The average molecular weight is 293 g/mol. The van der Waals surface area contributed by atoms with Gasteiger partial charge in [0.15, 0.2) is 0 Å². The highest BCUT2D eigenvalue weighted by Crippen LogP contribution is 2.37. The van der Waals surface area contributed by atoms with E-state index in [0.29, 0.717) is 5.02 Å². The van der Waals surface area contributed by atoms with Crippen molar-refractivity contribution in [2.24, 2.45) is 0 Å². The van der Waals surface area contributed by atoms with Gasteiger partial charge in [0.2, 0.25) is 0 Å². The smallest absolute Gasteiger partial charge is 0.258 e. The highest BCUT2D eigenvalue weighted by Gasteiger charge is 2.12. The maximum Gasteiger partial charge on any atom is 0.271 e. The van der Waals surface area contributed by atoms with Crippen LogP contribution in [0.3, 0.4) is 0 Å². The lowest BCUT2D eigenvalue weighted by atomic mass is 10.2. The van der Waals surface area contributed by atoms with Crippen LogP contribution < -0.4 is 0 Å². The SMILES string of the molecule is O=[N+]([O-])c1cc(Cl)c2sc(Br)cc2c1. The second-order valence-corrected chi connectivity index (χ2v) is 5.49. The Hall–Kier alpha value is -0.650. The van der Waals surface area contributed by atoms with E-state index >= 15 is 0 Å². The van der Waals surface area contributed by atoms with Crippen LogP contribution in [-0.2, 0) is 0 Å². The minimum atomic E-state index is -0.448. The summed E-state index contributed by atoms with van der Waals surface area (Å²) in [6, 6.07) is 4.70. The van der Waals surface area contributed by atoms with Crippen molar-refractivity contribution in [3.8, 4) is 0 Å². The van der Waals surface area contributed by atoms with Crippen molar-refractivity contribution in [2.45, 2.75) is 0 Å². The molecule has 14 heavy (non-hydrogen) atoms. The summed E-state index contributed by atoms with van der Waals surface area (Å²) in [7, 11) is 0. The monoisotopic (exact) mass is 291 g/mol. The van der Waals surface area contributed by atoms with Gasteiger partial charge in [0.25, 0.3) is 5.69 Å². The third kappa shape index (κ3) is 1.63. The molecular weight excluding hydrogens is 290 g/mol. The number of hydrogen-bond donors (Lipinski definition) is 0. The molecular formula is C8H3BrClNO2S.